The van der Waals surface area contributed by atoms with Gasteiger partial charge in [-0.1, -0.05) is 30.3 Å². The Balaban J connectivity index is 1.63. The topological polar surface area (TPSA) is 133 Å². The Morgan fingerprint density at radius 2 is 1.59 bits per heavy atom. The molecule has 34 heavy (non-hydrogen) atoms. The van der Waals surface area contributed by atoms with Gasteiger partial charge >= 0.3 is 5.97 Å². The standard InChI is InChI=1S/C22H29N3O7S2/c1-22(21(26)27,24-12-14-25(15-13-24)33(2,28)29)17-23-34(30,31)20-10-8-19(9-11-20)32-16-18-6-4-3-5-7-18/h3-11,23H,12-17H2,1-2H3,(H,26,27)/t22-/m0/s1. The minimum absolute atomic E-state index is 0.0193. The van der Waals surface area contributed by atoms with E-state index in [9.17, 15) is 26.7 Å². The van der Waals surface area contributed by atoms with Crippen LogP contribution >= 0.6 is 0 Å². The molecule has 0 radical (unpaired) electrons. The Labute approximate surface area is 200 Å². The van der Waals surface area contributed by atoms with Gasteiger partial charge in [0.2, 0.25) is 20.0 Å². The highest BCUT2D eigenvalue weighted by Crippen LogP contribution is 2.21. The normalized spacial score (nSPS) is 17.7. The summed E-state index contributed by atoms with van der Waals surface area (Å²) in [6, 6.07) is 15.4. The van der Waals surface area contributed by atoms with Gasteiger partial charge in [-0.15, -0.1) is 0 Å². The van der Waals surface area contributed by atoms with E-state index in [1.54, 1.807) is 4.90 Å². The average Bonchev–Trinajstić information content (AvgIpc) is 2.81. The first kappa shape index (κ1) is 26.1. The first-order valence-corrected chi connectivity index (χ1v) is 13.9. The molecule has 1 aliphatic heterocycles. The van der Waals surface area contributed by atoms with Crippen molar-refractivity contribution in [2.45, 2.75) is 24.0 Å². The summed E-state index contributed by atoms with van der Waals surface area (Å²) in [5.41, 5.74) is -0.568. The molecular weight excluding hydrogens is 482 g/mol. The second-order valence-electron chi connectivity index (χ2n) is 8.30. The molecule has 3 rings (SSSR count). The van der Waals surface area contributed by atoms with Gasteiger partial charge in [-0.25, -0.2) is 21.6 Å². The lowest BCUT2D eigenvalue weighted by molar-refractivity contribution is -0.150. The quantitative estimate of drug-likeness (QED) is 0.482. The van der Waals surface area contributed by atoms with E-state index in [1.807, 2.05) is 30.3 Å². The number of carboxylic acids is 1. The number of nitrogens with one attached hydrogen (secondary N) is 1. The molecule has 0 bridgehead atoms. The maximum Gasteiger partial charge on any atom is 0.325 e. The molecule has 0 unspecified atom stereocenters. The van der Waals surface area contributed by atoms with Gasteiger partial charge < -0.3 is 9.84 Å². The molecule has 0 aliphatic carbocycles. The Morgan fingerprint density at radius 3 is 2.12 bits per heavy atom. The van der Waals surface area contributed by atoms with Crippen LogP contribution in [0.25, 0.3) is 0 Å². The summed E-state index contributed by atoms with van der Waals surface area (Å²) in [5.74, 6) is -0.699. The van der Waals surface area contributed by atoms with Crippen molar-refractivity contribution < 1.29 is 31.5 Å². The van der Waals surface area contributed by atoms with E-state index >= 15 is 0 Å². The lowest BCUT2D eigenvalue weighted by Gasteiger charge is -2.42. The number of benzene rings is 2. The third-order valence-electron chi connectivity index (χ3n) is 5.86. The number of aliphatic carboxylic acids is 1. The number of nitrogens with zero attached hydrogens (tertiary/aromatic N) is 2. The van der Waals surface area contributed by atoms with Crippen LogP contribution in [0.5, 0.6) is 5.75 Å². The maximum absolute atomic E-state index is 12.8. The monoisotopic (exact) mass is 511 g/mol. The second kappa shape index (κ2) is 10.4. The zero-order chi connectivity index (χ0) is 25.0. The lowest BCUT2D eigenvalue weighted by atomic mass is 9.99. The van der Waals surface area contributed by atoms with Gasteiger partial charge in [0.05, 0.1) is 11.2 Å². The summed E-state index contributed by atoms with van der Waals surface area (Å²) < 4.78 is 58.4. The zero-order valence-electron chi connectivity index (χ0n) is 19.0. The van der Waals surface area contributed by atoms with Crippen LogP contribution in [-0.2, 0) is 31.4 Å². The van der Waals surface area contributed by atoms with Crippen LogP contribution in [0.2, 0.25) is 0 Å². The van der Waals surface area contributed by atoms with Crippen molar-refractivity contribution in [3.8, 4) is 5.75 Å². The molecule has 186 valence electrons. The molecular formula is C22H29N3O7S2. The lowest BCUT2D eigenvalue weighted by Crippen LogP contribution is -2.63. The molecule has 2 N–H and O–H groups in total. The molecule has 1 fully saturated rings. The van der Waals surface area contributed by atoms with E-state index in [0.717, 1.165) is 11.8 Å². The molecule has 10 nitrogen and oxygen atoms in total. The molecule has 1 saturated heterocycles. The molecule has 0 spiro atoms. The summed E-state index contributed by atoms with van der Waals surface area (Å²) in [6.45, 7) is 2.01. The number of carbonyl (C=O) groups is 1. The number of sulfonamides is 2. The maximum atomic E-state index is 12.8. The molecule has 0 saturated carbocycles. The fourth-order valence-corrected chi connectivity index (χ4v) is 5.57. The van der Waals surface area contributed by atoms with Crippen molar-refractivity contribution in [3.05, 3.63) is 60.2 Å². The summed E-state index contributed by atoms with van der Waals surface area (Å²) in [4.78, 5) is 13.6. The van der Waals surface area contributed by atoms with E-state index in [-0.39, 0.29) is 37.6 Å². The highest BCUT2D eigenvalue weighted by molar-refractivity contribution is 7.89. The van der Waals surface area contributed by atoms with Gasteiger partial charge in [-0.2, -0.15) is 4.31 Å². The van der Waals surface area contributed by atoms with Crippen LogP contribution in [0, 0.1) is 0 Å². The van der Waals surface area contributed by atoms with Crippen LogP contribution in [0.3, 0.4) is 0 Å². The van der Waals surface area contributed by atoms with E-state index < -0.39 is 31.6 Å². The first-order chi connectivity index (χ1) is 15.9. The van der Waals surface area contributed by atoms with Crippen LogP contribution < -0.4 is 9.46 Å². The Morgan fingerprint density at radius 1 is 1.00 bits per heavy atom. The van der Waals surface area contributed by atoms with Crippen molar-refractivity contribution in [1.29, 1.82) is 0 Å². The molecule has 1 atom stereocenters. The first-order valence-electron chi connectivity index (χ1n) is 10.6. The molecule has 2 aromatic rings. The zero-order valence-corrected chi connectivity index (χ0v) is 20.7. The van der Waals surface area contributed by atoms with Crippen LogP contribution in [0.1, 0.15) is 12.5 Å². The Hall–Kier alpha value is -2.51. The summed E-state index contributed by atoms with van der Waals surface area (Å²) in [6.07, 6.45) is 1.10. The van der Waals surface area contributed by atoms with Crippen LogP contribution in [-0.4, -0.2) is 81.6 Å². The van der Waals surface area contributed by atoms with Gasteiger partial charge in [0.25, 0.3) is 0 Å². The van der Waals surface area contributed by atoms with Gasteiger partial charge in [-0.05, 0) is 36.8 Å². The fourth-order valence-electron chi connectivity index (χ4n) is 3.61. The fraction of sp³-hybridized carbons (Fsp3) is 0.409. The number of hydrogen-bond donors (Lipinski definition) is 2. The summed E-state index contributed by atoms with van der Waals surface area (Å²) in [5, 5.41) is 9.84. The van der Waals surface area contributed by atoms with Crippen molar-refractivity contribution in [2.24, 2.45) is 0 Å². The van der Waals surface area contributed by atoms with E-state index in [4.69, 9.17) is 4.74 Å². The minimum Gasteiger partial charge on any atom is -0.489 e. The molecule has 0 amide bonds. The highest BCUT2D eigenvalue weighted by atomic mass is 32.2. The van der Waals surface area contributed by atoms with Crippen molar-refractivity contribution in [3.63, 3.8) is 0 Å². The molecule has 12 heteroatoms. The Bertz CT molecular complexity index is 1190. The number of carboxylic acid groups (broad SMARTS) is 1. The smallest absolute Gasteiger partial charge is 0.325 e. The number of hydrogen-bond acceptors (Lipinski definition) is 7. The predicted molar refractivity (Wildman–Crippen MR) is 126 cm³/mol. The van der Waals surface area contributed by atoms with Crippen molar-refractivity contribution in [1.82, 2.24) is 13.9 Å². The third kappa shape index (κ3) is 6.33. The molecule has 2 aromatic carbocycles. The largest absolute Gasteiger partial charge is 0.489 e. The number of rotatable bonds is 10. The third-order valence-corrected chi connectivity index (χ3v) is 8.58. The SMILES string of the molecule is C[C@](CNS(=O)(=O)c1ccc(OCc2ccccc2)cc1)(C(=O)O)N1CCN(S(C)(=O)=O)CC1. The predicted octanol–water partition coefficient (Wildman–Crippen LogP) is 0.964. The van der Waals surface area contributed by atoms with Crippen molar-refractivity contribution >= 4 is 26.0 Å². The second-order valence-corrected chi connectivity index (χ2v) is 12.0. The van der Waals surface area contributed by atoms with Crippen LogP contribution in [0.15, 0.2) is 59.5 Å². The minimum atomic E-state index is -3.99. The number of piperazine rings is 1. The molecule has 1 heterocycles. The highest BCUT2D eigenvalue weighted by Gasteiger charge is 2.42. The van der Waals surface area contributed by atoms with Gasteiger partial charge in [0, 0.05) is 32.7 Å². The van der Waals surface area contributed by atoms with Crippen LogP contribution in [0.4, 0.5) is 0 Å². The average molecular weight is 512 g/mol. The van der Waals surface area contributed by atoms with Crippen molar-refractivity contribution in [2.75, 3.05) is 39.0 Å². The van der Waals surface area contributed by atoms with E-state index in [2.05, 4.69) is 4.72 Å². The van der Waals surface area contributed by atoms with E-state index in [0.29, 0.717) is 12.4 Å². The summed E-state index contributed by atoms with van der Waals surface area (Å²) in [7, 11) is -7.36. The van der Waals surface area contributed by atoms with Gasteiger partial charge in [0.1, 0.15) is 17.9 Å². The van der Waals surface area contributed by atoms with Gasteiger partial charge in [-0.3, -0.25) is 9.69 Å². The Kier molecular flexibility index (Phi) is 7.98. The number of ether oxygens (including phenoxy) is 1. The molecule has 1 aliphatic rings. The summed E-state index contributed by atoms with van der Waals surface area (Å²) >= 11 is 0. The van der Waals surface area contributed by atoms with E-state index in [1.165, 1.54) is 35.5 Å². The molecule has 0 aromatic heterocycles. The van der Waals surface area contributed by atoms with Gasteiger partial charge in [0.15, 0.2) is 0 Å².